The maximum atomic E-state index is 11.7. The van der Waals surface area contributed by atoms with Crippen molar-refractivity contribution >= 4 is 29.3 Å². The third-order valence-electron chi connectivity index (χ3n) is 1.94. The lowest BCUT2D eigenvalue weighted by Crippen LogP contribution is -2.39. The third-order valence-corrected chi connectivity index (χ3v) is 2.71. The highest BCUT2D eigenvalue weighted by molar-refractivity contribution is 7.08. The smallest absolute Gasteiger partial charge is 0.322 e. The Morgan fingerprint density at radius 1 is 1.28 bits per heavy atom. The van der Waals surface area contributed by atoms with Gasteiger partial charge in [-0.3, -0.25) is 14.4 Å². The Morgan fingerprint density at radius 3 is 2.61 bits per heavy atom. The molecule has 0 aliphatic rings. The zero-order chi connectivity index (χ0) is 13.5. The van der Waals surface area contributed by atoms with E-state index in [1.807, 2.05) is 6.92 Å². The van der Waals surface area contributed by atoms with Crippen molar-refractivity contribution in [3.05, 3.63) is 10.6 Å². The Morgan fingerprint density at radius 2 is 2.00 bits per heavy atom. The van der Waals surface area contributed by atoms with E-state index in [2.05, 4.69) is 20.2 Å². The van der Waals surface area contributed by atoms with Crippen LogP contribution in [0.25, 0.3) is 0 Å². The van der Waals surface area contributed by atoms with Crippen LogP contribution in [0.4, 0.5) is 0 Å². The molecular weight excluding hydrogens is 260 g/mol. The number of nitrogens with zero attached hydrogens (tertiary/aromatic N) is 2. The minimum atomic E-state index is -1.14. The fourth-order valence-electron chi connectivity index (χ4n) is 1.09. The largest absolute Gasteiger partial charge is 0.480 e. The van der Waals surface area contributed by atoms with Crippen molar-refractivity contribution in [1.29, 1.82) is 0 Å². The summed E-state index contributed by atoms with van der Waals surface area (Å²) in [6.07, 6.45) is 0.574. The molecule has 0 aromatic carbocycles. The van der Waals surface area contributed by atoms with E-state index in [1.165, 1.54) is 0 Å². The molecule has 0 spiro atoms. The highest BCUT2D eigenvalue weighted by Crippen LogP contribution is 2.10. The van der Waals surface area contributed by atoms with Gasteiger partial charge >= 0.3 is 5.97 Å². The quantitative estimate of drug-likeness (QED) is 0.612. The summed E-state index contributed by atoms with van der Waals surface area (Å²) in [6, 6.07) is 0. The first-order chi connectivity index (χ1) is 8.54. The van der Waals surface area contributed by atoms with Gasteiger partial charge in [-0.25, -0.2) is 0 Å². The maximum absolute atomic E-state index is 11.7. The van der Waals surface area contributed by atoms with Gasteiger partial charge in [0.15, 0.2) is 0 Å². The first kappa shape index (κ1) is 14.0. The van der Waals surface area contributed by atoms with Crippen LogP contribution in [0.15, 0.2) is 0 Å². The molecule has 18 heavy (non-hydrogen) atoms. The van der Waals surface area contributed by atoms with E-state index in [0.29, 0.717) is 17.0 Å². The lowest BCUT2D eigenvalue weighted by atomic mass is 10.3. The van der Waals surface area contributed by atoms with Gasteiger partial charge in [-0.1, -0.05) is 11.4 Å². The molecule has 3 N–H and O–H groups in total. The lowest BCUT2D eigenvalue weighted by Gasteiger charge is -2.04. The monoisotopic (exact) mass is 272 g/mol. The molecule has 0 saturated heterocycles. The van der Waals surface area contributed by atoms with Gasteiger partial charge in [-0.2, -0.15) is 0 Å². The predicted octanol–water partition coefficient (Wildman–Crippen LogP) is -0.969. The summed E-state index contributed by atoms with van der Waals surface area (Å²) in [5.74, 6) is -2.15. The van der Waals surface area contributed by atoms with Crippen LogP contribution in [0.3, 0.4) is 0 Å². The predicted molar refractivity (Wildman–Crippen MR) is 62.3 cm³/mol. The number of carbonyl (C=O) groups excluding carboxylic acids is 2. The number of carboxylic acid groups (broad SMARTS) is 1. The number of rotatable bonds is 6. The standard InChI is InChI=1S/C9H12N4O4S/c1-2-5-8(18-13-12-5)9(17)11-3-6(14)10-4-7(15)16/h2-4H2,1H3,(H,10,14)(H,11,17)(H,15,16). The molecule has 98 valence electrons. The molecule has 0 radical (unpaired) electrons. The van der Waals surface area contributed by atoms with Crippen molar-refractivity contribution in [2.24, 2.45) is 0 Å². The first-order valence-electron chi connectivity index (χ1n) is 5.12. The molecule has 1 aromatic rings. The molecule has 1 rings (SSSR count). The molecule has 0 fully saturated rings. The van der Waals surface area contributed by atoms with E-state index in [9.17, 15) is 14.4 Å². The number of hydrogen-bond acceptors (Lipinski definition) is 6. The van der Waals surface area contributed by atoms with Crippen molar-refractivity contribution < 1.29 is 19.5 Å². The molecule has 2 amide bonds. The van der Waals surface area contributed by atoms with E-state index < -0.39 is 24.3 Å². The maximum Gasteiger partial charge on any atom is 0.322 e. The molecule has 0 aliphatic carbocycles. The topological polar surface area (TPSA) is 121 Å². The number of nitrogens with one attached hydrogen (secondary N) is 2. The molecule has 0 bridgehead atoms. The summed E-state index contributed by atoms with van der Waals surface area (Å²) >= 11 is 0.953. The van der Waals surface area contributed by atoms with E-state index in [4.69, 9.17) is 5.11 Å². The number of amides is 2. The van der Waals surface area contributed by atoms with Gasteiger partial charge < -0.3 is 15.7 Å². The average Bonchev–Trinajstić information content (AvgIpc) is 2.81. The Balaban J connectivity index is 2.42. The van der Waals surface area contributed by atoms with Gasteiger partial charge in [-0.05, 0) is 18.0 Å². The van der Waals surface area contributed by atoms with Crippen LogP contribution in [0.2, 0.25) is 0 Å². The lowest BCUT2D eigenvalue weighted by molar-refractivity contribution is -0.137. The van der Waals surface area contributed by atoms with Crippen molar-refractivity contribution in [2.45, 2.75) is 13.3 Å². The zero-order valence-electron chi connectivity index (χ0n) is 9.60. The molecule has 0 unspecified atom stereocenters. The summed E-state index contributed by atoms with van der Waals surface area (Å²) < 4.78 is 3.65. The average molecular weight is 272 g/mol. The van der Waals surface area contributed by atoms with Crippen LogP contribution < -0.4 is 10.6 Å². The van der Waals surface area contributed by atoms with E-state index in [1.54, 1.807) is 0 Å². The fourth-order valence-corrected chi connectivity index (χ4v) is 1.76. The van der Waals surface area contributed by atoms with E-state index in [0.717, 1.165) is 11.5 Å². The number of aromatic nitrogens is 2. The van der Waals surface area contributed by atoms with E-state index >= 15 is 0 Å². The van der Waals surface area contributed by atoms with Crippen LogP contribution in [0.5, 0.6) is 0 Å². The summed E-state index contributed by atoms with van der Waals surface area (Å²) in [5, 5.41) is 16.6. The van der Waals surface area contributed by atoms with Crippen molar-refractivity contribution in [1.82, 2.24) is 20.2 Å². The molecular formula is C9H12N4O4S. The number of hydrogen-bond donors (Lipinski definition) is 3. The van der Waals surface area contributed by atoms with Crippen LogP contribution in [-0.2, 0) is 16.0 Å². The number of aliphatic carboxylic acids is 1. The Bertz CT molecular complexity index is 459. The summed E-state index contributed by atoms with van der Waals surface area (Å²) in [6.45, 7) is 1.08. The van der Waals surface area contributed by atoms with Gasteiger partial charge in [0.25, 0.3) is 5.91 Å². The van der Waals surface area contributed by atoms with E-state index in [-0.39, 0.29) is 6.54 Å². The van der Waals surface area contributed by atoms with Crippen LogP contribution in [0, 0.1) is 0 Å². The summed E-state index contributed by atoms with van der Waals surface area (Å²) in [4.78, 5) is 33.4. The molecule has 1 heterocycles. The highest BCUT2D eigenvalue weighted by atomic mass is 32.1. The van der Waals surface area contributed by atoms with Crippen LogP contribution in [-0.4, -0.2) is 45.6 Å². The highest BCUT2D eigenvalue weighted by Gasteiger charge is 2.15. The fraction of sp³-hybridized carbons (Fsp3) is 0.444. The third kappa shape index (κ3) is 4.09. The first-order valence-corrected chi connectivity index (χ1v) is 5.89. The minimum Gasteiger partial charge on any atom is -0.480 e. The zero-order valence-corrected chi connectivity index (χ0v) is 10.4. The van der Waals surface area contributed by atoms with Gasteiger partial charge in [0.2, 0.25) is 5.91 Å². The van der Waals surface area contributed by atoms with Gasteiger partial charge in [0, 0.05) is 0 Å². The number of carboxylic acids is 1. The number of aryl methyl sites for hydroxylation is 1. The van der Waals surface area contributed by atoms with Crippen molar-refractivity contribution in [3.63, 3.8) is 0 Å². The van der Waals surface area contributed by atoms with Crippen molar-refractivity contribution in [3.8, 4) is 0 Å². The Kier molecular flexibility index (Phi) is 5.18. The Hall–Kier alpha value is -2.03. The van der Waals surface area contributed by atoms with Gasteiger partial charge in [0.05, 0.1) is 12.2 Å². The summed E-state index contributed by atoms with van der Waals surface area (Å²) in [5.41, 5.74) is 0.573. The van der Waals surface area contributed by atoms with Crippen LogP contribution in [0.1, 0.15) is 22.3 Å². The van der Waals surface area contributed by atoms with Crippen LogP contribution >= 0.6 is 11.5 Å². The summed E-state index contributed by atoms with van der Waals surface area (Å²) in [7, 11) is 0. The minimum absolute atomic E-state index is 0.285. The molecule has 8 nitrogen and oxygen atoms in total. The van der Waals surface area contributed by atoms with Gasteiger partial charge in [-0.15, -0.1) is 5.10 Å². The second-order valence-corrected chi connectivity index (χ2v) is 4.01. The molecule has 0 saturated carbocycles. The van der Waals surface area contributed by atoms with Gasteiger partial charge in [0.1, 0.15) is 11.4 Å². The Labute approximate surface area is 107 Å². The molecule has 1 aromatic heterocycles. The SMILES string of the molecule is CCc1nnsc1C(=O)NCC(=O)NCC(=O)O. The molecule has 9 heteroatoms. The number of carbonyl (C=O) groups is 3. The second kappa shape index (κ2) is 6.64. The molecule has 0 atom stereocenters. The second-order valence-electron chi connectivity index (χ2n) is 3.26. The normalized spacial score (nSPS) is 9.83. The van der Waals surface area contributed by atoms with Crippen molar-refractivity contribution in [2.75, 3.05) is 13.1 Å². The molecule has 0 aliphatic heterocycles.